The Labute approximate surface area is 169 Å². The quantitative estimate of drug-likeness (QED) is 0.800. The Morgan fingerprint density at radius 3 is 2.25 bits per heavy atom. The molecule has 2 aliphatic rings. The van der Waals surface area contributed by atoms with E-state index >= 15 is 0 Å². The number of hydrogen-bond acceptors (Lipinski definition) is 3. The molecule has 28 heavy (non-hydrogen) atoms. The van der Waals surface area contributed by atoms with Gasteiger partial charge in [0.1, 0.15) is 0 Å². The van der Waals surface area contributed by atoms with Crippen molar-refractivity contribution in [3.8, 4) is 0 Å². The van der Waals surface area contributed by atoms with Gasteiger partial charge in [-0.15, -0.1) is 0 Å². The summed E-state index contributed by atoms with van der Waals surface area (Å²) < 4.78 is 6.37. The van der Waals surface area contributed by atoms with Crippen LogP contribution in [-0.2, 0) is 11.3 Å². The van der Waals surface area contributed by atoms with Gasteiger partial charge in [0.05, 0.1) is 12.7 Å². The number of nitrogens with zero attached hydrogens (tertiary/aromatic N) is 1. The van der Waals surface area contributed by atoms with Crippen molar-refractivity contribution in [3.05, 3.63) is 71.8 Å². The highest BCUT2D eigenvalue weighted by molar-refractivity contribution is 5.20. The lowest BCUT2D eigenvalue weighted by molar-refractivity contribution is -0.0162. The van der Waals surface area contributed by atoms with Crippen LogP contribution in [0.4, 0.5) is 0 Å². The standard InChI is InChI=1S/C25H34N2O/c26-25-15-16-27(17-20-7-3-1-4-8-20)18-23(25)19-28-24-13-11-22(12-14-24)21-9-5-2-6-10-21/h1-10,22-25H,11-19,26H2/t22?,23-,24?,25?/m0/s1. The van der Waals surface area contributed by atoms with Gasteiger partial charge in [0.25, 0.3) is 0 Å². The van der Waals surface area contributed by atoms with Gasteiger partial charge in [-0.3, -0.25) is 4.90 Å². The zero-order chi connectivity index (χ0) is 19.2. The molecule has 1 saturated heterocycles. The molecule has 2 aromatic rings. The van der Waals surface area contributed by atoms with Gasteiger partial charge < -0.3 is 10.5 Å². The largest absolute Gasteiger partial charge is 0.378 e. The number of likely N-dealkylation sites (tertiary alicyclic amines) is 1. The topological polar surface area (TPSA) is 38.5 Å². The minimum Gasteiger partial charge on any atom is -0.378 e. The summed E-state index contributed by atoms with van der Waals surface area (Å²) >= 11 is 0. The molecule has 0 aromatic heterocycles. The van der Waals surface area contributed by atoms with E-state index in [9.17, 15) is 0 Å². The van der Waals surface area contributed by atoms with Gasteiger partial charge >= 0.3 is 0 Å². The number of nitrogens with two attached hydrogens (primary N) is 1. The highest BCUT2D eigenvalue weighted by atomic mass is 16.5. The van der Waals surface area contributed by atoms with E-state index in [1.165, 1.54) is 36.8 Å². The molecule has 2 fully saturated rings. The Balaban J connectivity index is 1.23. The van der Waals surface area contributed by atoms with Crippen LogP contribution in [0, 0.1) is 5.92 Å². The van der Waals surface area contributed by atoms with E-state index in [2.05, 4.69) is 65.6 Å². The summed E-state index contributed by atoms with van der Waals surface area (Å²) in [5.74, 6) is 1.16. The van der Waals surface area contributed by atoms with Crippen molar-refractivity contribution in [1.29, 1.82) is 0 Å². The van der Waals surface area contributed by atoms with E-state index in [1.54, 1.807) is 0 Å². The first-order chi connectivity index (χ1) is 13.8. The predicted molar refractivity (Wildman–Crippen MR) is 115 cm³/mol. The second kappa shape index (κ2) is 9.69. The maximum absolute atomic E-state index is 6.44. The van der Waals surface area contributed by atoms with Crippen LogP contribution in [0.5, 0.6) is 0 Å². The van der Waals surface area contributed by atoms with Gasteiger partial charge in [-0.2, -0.15) is 0 Å². The van der Waals surface area contributed by atoms with E-state index in [-0.39, 0.29) is 6.04 Å². The van der Waals surface area contributed by atoms with Gasteiger partial charge in [-0.25, -0.2) is 0 Å². The van der Waals surface area contributed by atoms with E-state index in [0.29, 0.717) is 17.9 Å². The van der Waals surface area contributed by atoms with Crippen LogP contribution in [0.3, 0.4) is 0 Å². The van der Waals surface area contributed by atoms with E-state index < -0.39 is 0 Å². The first-order valence-corrected chi connectivity index (χ1v) is 11.0. The number of hydrogen-bond donors (Lipinski definition) is 1. The lowest BCUT2D eigenvalue weighted by Gasteiger charge is -2.38. The molecule has 2 aromatic carbocycles. The molecular formula is C25H34N2O. The average molecular weight is 379 g/mol. The smallest absolute Gasteiger partial charge is 0.0575 e. The zero-order valence-corrected chi connectivity index (χ0v) is 16.9. The Kier molecular flexibility index (Phi) is 6.79. The number of ether oxygens (including phenoxy) is 1. The number of piperidine rings is 1. The van der Waals surface area contributed by atoms with Gasteiger partial charge in [-0.05, 0) is 55.7 Å². The van der Waals surface area contributed by atoms with Crippen LogP contribution in [0.25, 0.3) is 0 Å². The maximum atomic E-state index is 6.44. The molecule has 3 heteroatoms. The third kappa shape index (κ3) is 5.22. The van der Waals surface area contributed by atoms with Crippen molar-refractivity contribution in [1.82, 2.24) is 4.90 Å². The van der Waals surface area contributed by atoms with Gasteiger partial charge in [0.2, 0.25) is 0 Å². The Morgan fingerprint density at radius 2 is 1.54 bits per heavy atom. The van der Waals surface area contributed by atoms with E-state index in [0.717, 1.165) is 32.7 Å². The third-order valence-corrected chi connectivity index (χ3v) is 6.62. The lowest BCUT2D eigenvalue weighted by Crippen LogP contribution is -2.48. The van der Waals surface area contributed by atoms with Crippen molar-refractivity contribution in [2.45, 2.75) is 56.7 Å². The summed E-state index contributed by atoms with van der Waals surface area (Å²) in [7, 11) is 0. The second-order valence-electron chi connectivity index (χ2n) is 8.65. The Morgan fingerprint density at radius 1 is 0.857 bits per heavy atom. The van der Waals surface area contributed by atoms with Crippen LogP contribution in [0.15, 0.2) is 60.7 Å². The summed E-state index contributed by atoms with van der Waals surface area (Å²) in [6.07, 6.45) is 6.32. The van der Waals surface area contributed by atoms with Crippen LogP contribution < -0.4 is 5.73 Å². The van der Waals surface area contributed by atoms with Gasteiger partial charge in [0, 0.05) is 25.0 Å². The highest BCUT2D eigenvalue weighted by Crippen LogP contribution is 2.34. The first kappa shape index (κ1) is 19.6. The first-order valence-electron chi connectivity index (χ1n) is 11.0. The Bertz CT molecular complexity index is 697. The third-order valence-electron chi connectivity index (χ3n) is 6.62. The van der Waals surface area contributed by atoms with Crippen LogP contribution in [-0.4, -0.2) is 36.7 Å². The highest BCUT2D eigenvalue weighted by Gasteiger charge is 2.29. The molecule has 3 nitrogen and oxygen atoms in total. The van der Waals surface area contributed by atoms with Crippen LogP contribution >= 0.6 is 0 Å². The molecule has 2 N–H and O–H groups in total. The van der Waals surface area contributed by atoms with Crippen molar-refractivity contribution in [3.63, 3.8) is 0 Å². The summed E-state index contributed by atoms with van der Waals surface area (Å²) in [6.45, 7) is 3.98. The van der Waals surface area contributed by atoms with Crippen LogP contribution in [0.1, 0.15) is 49.1 Å². The minimum atomic E-state index is 0.271. The summed E-state index contributed by atoms with van der Waals surface area (Å²) in [4.78, 5) is 2.54. The van der Waals surface area contributed by atoms with Gasteiger partial charge in [0.15, 0.2) is 0 Å². The molecule has 1 heterocycles. The van der Waals surface area contributed by atoms with Crippen molar-refractivity contribution in [2.75, 3.05) is 19.7 Å². The fourth-order valence-corrected chi connectivity index (χ4v) is 4.83. The molecule has 4 rings (SSSR count). The zero-order valence-electron chi connectivity index (χ0n) is 16.9. The maximum Gasteiger partial charge on any atom is 0.0575 e. The lowest BCUT2D eigenvalue weighted by atomic mass is 9.82. The molecule has 1 unspecified atom stereocenters. The van der Waals surface area contributed by atoms with Crippen LogP contribution in [0.2, 0.25) is 0 Å². The van der Waals surface area contributed by atoms with E-state index in [1.807, 2.05) is 0 Å². The molecule has 2 atom stereocenters. The summed E-state index contributed by atoms with van der Waals surface area (Å²) in [5.41, 5.74) is 9.32. The molecule has 0 amide bonds. The fourth-order valence-electron chi connectivity index (χ4n) is 4.83. The molecule has 1 aliphatic carbocycles. The average Bonchev–Trinajstić information content (AvgIpc) is 2.76. The van der Waals surface area contributed by atoms with Crippen molar-refractivity contribution < 1.29 is 4.74 Å². The summed E-state index contributed by atoms with van der Waals surface area (Å²) in [6, 6.07) is 22.0. The molecular weight excluding hydrogens is 344 g/mol. The second-order valence-corrected chi connectivity index (χ2v) is 8.65. The normalized spacial score (nSPS) is 28.9. The molecule has 1 saturated carbocycles. The number of rotatable bonds is 6. The Hall–Kier alpha value is -1.68. The minimum absolute atomic E-state index is 0.271. The SMILES string of the molecule is NC1CCN(Cc2ccccc2)C[C@H]1COC1CCC(c2ccccc2)CC1. The molecule has 1 aliphatic heterocycles. The molecule has 0 spiro atoms. The van der Waals surface area contributed by atoms with Crippen molar-refractivity contribution in [2.24, 2.45) is 11.7 Å². The fraction of sp³-hybridized carbons (Fsp3) is 0.520. The summed E-state index contributed by atoms with van der Waals surface area (Å²) in [5, 5.41) is 0. The van der Waals surface area contributed by atoms with E-state index in [4.69, 9.17) is 10.5 Å². The number of benzene rings is 2. The molecule has 0 bridgehead atoms. The van der Waals surface area contributed by atoms with Gasteiger partial charge in [-0.1, -0.05) is 60.7 Å². The predicted octanol–water partition coefficient (Wildman–Crippen LogP) is 4.58. The molecule has 0 radical (unpaired) electrons. The molecule has 150 valence electrons. The monoisotopic (exact) mass is 378 g/mol. The van der Waals surface area contributed by atoms with Crippen molar-refractivity contribution >= 4 is 0 Å².